The highest BCUT2D eigenvalue weighted by Gasteiger charge is 2.20. The zero-order chi connectivity index (χ0) is 49.3. The number of carbonyl (C=O) groups excluding carboxylic acids is 2. The van der Waals surface area contributed by atoms with Crippen molar-refractivity contribution in [3.63, 3.8) is 0 Å². The predicted octanol–water partition coefficient (Wildman–Crippen LogP) is 19.2. The second-order valence-corrected chi connectivity index (χ2v) is 21.4. The highest BCUT2D eigenvalue weighted by atomic mass is 16.5. The van der Waals surface area contributed by atoms with Crippen LogP contribution < -0.4 is 5.32 Å². The summed E-state index contributed by atoms with van der Waals surface area (Å²) >= 11 is 0. The zero-order valence-corrected chi connectivity index (χ0v) is 46.1. The third kappa shape index (κ3) is 53.9. The average Bonchev–Trinajstić information content (AvgIpc) is 3.34. The molecule has 404 valence electrons. The monoisotopic (exact) mass is 960 g/mol. The first-order chi connectivity index (χ1) is 33.5. The molecule has 0 rings (SSSR count). The van der Waals surface area contributed by atoms with Crippen molar-refractivity contribution in [2.45, 2.75) is 360 Å². The molecular weight excluding hydrogens is 839 g/mol. The van der Waals surface area contributed by atoms with E-state index in [9.17, 15) is 19.8 Å². The van der Waals surface area contributed by atoms with Gasteiger partial charge in [-0.25, -0.2) is 0 Å². The van der Waals surface area contributed by atoms with Crippen molar-refractivity contribution in [1.82, 2.24) is 5.32 Å². The molecule has 0 aromatic heterocycles. The second-order valence-electron chi connectivity index (χ2n) is 21.4. The van der Waals surface area contributed by atoms with E-state index in [2.05, 4.69) is 31.3 Å². The normalized spacial score (nSPS) is 12.6. The minimum Gasteiger partial charge on any atom is -0.466 e. The van der Waals surface area contributed by atoms with Crippen LogP contribution in [0.25, 0.3) is 0 Å². The van der Waals surface area contributed by atoms with Gasteiger partial charge in [0.05, 0.1) is 25.4 Å². The number of hydrogen-bond donors (Lipinski definition) is 3. The quantitative estimate of drug-likeness (QED) is 0.0321. The van der Waals surface area contributed by atoms with Gasteiger partial charge in [-0.1, -0.05) is 302 Å². The van der Waals surface area contributed by atoms with Crippen molar-refractivity contribution in [3.05, 3.63) is 12.2 Å². The average molecular weight is 961 g/mol. The van der Waals surface area contributed by atoms with E-state index in [-0.39, 0.29) is 18.5 Å². The number of unbranched alkanes of at least 4 members (excludes halogenated alkanes) is 45. The van der Waals surface area contributed by atoms with Gasteiger partial charge in [0.2, 0.25) is 5.91 Å². The van der Waals surface area contributed by atoms with Gasteiger partial charge in [0.1, 0.15) is 0 Å². The molecule has 0 bridgehead atoms. The van der Waals surface area contributed by atoms with Crippen LogP contribution in [0.4, 0.5) is 0 Å². The van der Waals surface area contributed by atoms with Crippen molar-refractivity contribution in [1.29, 1.82) is 0 Å². The summed E-state index contributed by atoms with van der Waals surface area (Å²) in [6, 6.07) is -0.542. The lowest BCUT2D eigenvalue weighted by Crippen LogP contribution is -2.45. The van der Waals surface area contributed by atoms with Crippen LogP contribution in [0.3, 0.4) is 0 Å². The maximum absolute atomic E-state index is 12.5. The van der Waals surface area contributed by atoms with Crippen LogP contribution in [0.1, 0.15) is 348 Å². The number of aliphatic hydroxyl groups excluding tert-OH is 2. The van der Waals surface area contributed by atoms with Crippen molar-refractivity contribution in [2.24, 2.45) is 0 Å². The van der Waals surface area contributed by atoms with Crippen molar-refractivity contribution in [3.8, 4) is 0 Å². The van der Waals surface area contributed by atoms with Gasteiger partial charge < -0.3 is 20.3 Å². The molecule has 2 unspecified atom stereocenters. The third-order valence-corrected chi connectivity index (χ3v) is 14.6. The molecule has 0 spiro atoms. The predicted molar refractivity (Wildman–Crippen MR) is 297 cm³/mol. The molecule has 0 aliphatic rings. The SMILES string of the molecule is CCCC/C=C\CCCCCCCC(=O)OCCCCCCCCCCCCCCCCCCCCCCCC(=O)NC(CO)C(O)CCCCCCCCCCCCCCCCCCCCC. The number of amides is 1. The maximum atomic E-state index is 12.5. The van der Waals surface area contributed by atoms with Gasteiger partial charge in [0.25, 0.3) is 0 Å². The Morgan fingerprint density at radius 3 is 1.09 bits per heavy atom. The Morgan fingerprint density at radius 2 is 0.706 bits per heavy atom. The molecular formula is C62H121NO5. The van der Waals surface area contributed by atoms with Crippen LogP contribution in [0.15, 0.2) is 12.2 Å². The lowest BCUT2D eigenvalue weighted by molar-refractivity contribution is -0.143. The first-order valence-corrected chi connectivity index (χ1v) is 30.9. The Kier molecular flexibility index (Phi) is 57.0. The fourth-order valence-electron chi connectivity index (χ4n) is 9.80. The smallest absolute Gasteiger partial charge is 0.305 e. The minimum absolute atomic E-state index is 0.00164. The third-order valence-electron chi connectivity index (χ3n) is 14.6. The van der Waals surface area contributed by atoms with Crippen LogP contribution in [-0.2, 0) is 14.3 Å². The van der Waals surface area contributed by atoms with Crippen LogP contribution in [-0.4, -0.2) is 47.4 Å². The van der Waals surface area contributed by atoms with Crippen LogP contribution >= 0.6 is 0 Å². The number of ether oxygens (including phenoxy) is 1. The van der Waals surface area contributed by atoms with Crippen molar-refractivity contribution in [2.75, 3.05) is 13.2 Å². The number of rotatable bonds is 58. The number of aliphatic hydroxyl groups is 2. The van der Waals surface area contributed by atoms with E-state index in [0.717, 1.165) is 44.9 Å². The van der Waals surface area contributed by atoms with E-state index in [4.69, 9.17) is 4.74 Å². The molecule has 6 nitrogen and oxygen atoms in total. The first-order valence-electron chi connectivity index (χ1n) is 30.9. The molecule has 0 aliphatic heterocycles. The lowest BCUT2D eigenvalue weighted by atomic mass is 10.0. The molecule has 68 heavy (non-hydrogen) atoms. The molecule has 0 fully saturated rings. The van der Waals surface area contributed by atoms with E-state index in [0.29, 0.717) is 25.9 Å². The standard InChI is InChI=1S/C62H121NO5/c1-3-5-7-9-11-13-15-16-17-18-22-25-28-31-35-38-42-46-50-54-60(65)59(58-64)63-61(66)55-51-47-43-39-36-32-29-26-23-20-19-21-24-27-30-33-37-41-45-49-53-57-68-62(67)56-52-48-44-40-34-14-12-10-8-6-4-2/h10,12,59-60,64-65H,3-9,11,13-58H2,1-2H3,(H,63,66)/b12-10-. The number of esters is 1. The summed E-state index contributed by atoms with van der Waals surface area (Å²) in [4.78, 5) is 24.5. The molecule has 0 aromatic carbocycles. The van der Waals surface area contributed by atoms with E-state index in [1.165, 1.54) is 270 Å². The summed E-state index contributed by atoms with van der Waals surface area (Å²) < 4.78 is 5.46. The van der Waals surface area contributed by atoms with Crippen molar-refractivity contribution < 1.29 is 24.5 Å². The molecule has 0 radical (unpaired) electrons. The van der Waals surface area contributed by atoms with Crippen LogP contribution in [0.2, 0.25) is 0 Å². The van der Waals surface area contributed by atoms with E-state index >= 15 is 0 Å². The number of hydrogen-bond acceptors (Lipinski definition) is 5. The zero-order valence-electron chi connectivity index (χ0n) is 46.1. The Labute approximate surface area is 425 Å². The second kappa shape index (κ2) is 58.2. The first kappa shape index (κ1) is 66.6. The molecule has 0 heterocycles. The molecule has 3 N–H and O–H groups in total. The molecule has 0 saturated heterocycles. The van der Waals surface area contributed by atoms with E-state index in [1.807, 2.05) is 0 Å². The van der Waals surface area contributed by atoms with E-state index < -0.39 is 12.1 Å². The minimum atomic E-state index is -0.665. The Hall–Kier alpha value is -1.40. The fourth-order valence-corrected chi connectivity index (χ4v) is 9.80. The van der Waals surface area contributed by atoms with Gasteiger partial charge in [0.15, 0.2) is 0 Å². The molecule has 1 amide bonds. The summed E-state index contributed by atoms with van der Waals surface area (Å²) in [5, 5.41) is 23.4. The molecule has 6 heteroatoms. The molecule has 2 atom stereocenters. The topological polar surface area (TPSA) is 95.9 Å². The van der Waals surface area contributed by atoms with Gasteiger partial charge in [0, 0.05) is 12.8 Å². The fraction of sp³-hybridized carbons (Fsp3) is 0.935. The Morgan fingerprint density at radius 1 is 0.397 bits per heavy atom. The summed E-state index contributed by atoms with van der Waals surface area (Å²) in [5.41, 5.74) is 0. The molecule has 0 aliphatic carbocycles. The number of allylic oxidation sites excluding steroid dienone is 2. The molecule has 0 saturated carbocycles. The van der Waals surface area contributed by atoms with Gasteiger partial charge in [-0.15, -0.1) is 0 Å². The van der Waals surface area contributed by atoms with Gasteiger partial charge in [-0.05, 0) is 44.9 Å². The summed E-state index contributed by atoms with van der Waals surface area (Å²) in [6.45, 7) is 4.94. The molecule has 0 aromatic rings. The van der Waals surface area contributed by atoms with Gasteiger partial charge in [-0.3, -0.25) is 9.59 Å². The van der Waals surface area contributed by atoms with E-state index in [1.54, 1.807) is 0 Å². The Bertz CT molecular complexity index is 1020. The number of nitrogens with one attached hydrogen (secondary N) is 1. The van der Waals surface area contributed by atoms with Crippen LogP contribution in [0, 0.1) is 0 Å². The summed E-state index contributed by atoms with van der Waals surface area (Å²) in [5.74, 6) is -0.0308. The highest BCUT2D eigenvalue weighted by Crippen LogP contribution is 2.18. The summed E-state index contributed by atoms with van der Waals surface area (Å²) in [6.07, 6.45) is 69.3. The number of carbonyl (C=O) groups is 2. The summed E-state index contributed by atoms with van der Waals surface area (Å²) in [7, 11) is 0. The van der Waals surface area contributed by atoms with Gasteiger partial charge in [-0.2, -0.15) is 0 Å². The lowest BCUT2D eigenvalue weighted by Gasteiger charge is -2.22. The van der Waals surface area contributed by atoms with Gasteiger partial charge >= 0.3 is 5.97 Å². The largest absolute Gasteiger partial charge is 0.466 e. The van der Waals surface area contributed by atoms with Crippen LogP contribution in [0.5, 0.6) is 0 Å². The Balaban J connectivity index is 3.39. The maximum Gasteiger partial charge on any atom is 0.305 e. The highest BCUT2D eigenvalue weighted by molar-refractivity contribution is 5.76. The van der Waals surface area contributed by atoms with Crippen molar-refractivity contribution >= 4 is 11.9 Å².